The number of hydrogen-bond acceptors (Lipinski definition) is 2. The van der Waals surface area contributed by atoms with Gasteiger partial charge in [0.15, 0.2) is 0 Å². The van der Waals surface area contributed by atoms with Gasteiger partial charge in [-0.05, 0) is 220 Å². The highest BCUT2D eigenvalue weighted by Crippen LogP contribution is 2.50. The minimum atomic E-state index is 0.877. The lowest BCUT2D eigenvalue weighted by atomic mass is 9.83. The summed E-state index contributed by atoms with van der Waals surface area (Å²) in [7, 11) is 0. The van der Waals surface area contributed by atoms with Crippen LogP contribution in [0.25, 0.3) is 197 Å². The zero-order valence-electron chi connectivity index (χ0n) is 47.7. The second-order valence-electron chi connectivity index (χ2n) is 23.7. The number of furan rings is 2. The Bertz CT molecular complexity index is 6060. The third-order valence-corrected chi connectivity index (χ3v) is 19.0. The maximum absolute atomic E-state index is 6.85. The van der Waals surface area contributed by atoms with Crippen molar-refractivity contribution in [2.24, 2.45) is 0 Å². The van der Waals surface area contributed by atoms with E-state index >= 15 is 0 Å². The van der Waals surface area contributed by atoms with Crippen LogP contribution in [0.3, 0.4) is 0 Å². The fraction of sp³-hybridized carbons (Fsp3) is 0. The van der Waals surface area contributed by atoms with Crippen LogP contribution >= 0.6 is 0 Å². The fourth-order valence-corrected chi connectivity index (χ4v) is 15.0. The molecule has 2 aromatic heterocycles. The average molecular weight is 1120 g/mol. The Kier molecular flexibility index (Phi) is 10.5. The zero-order chi connectivity index (χ0) is 57.6. The Morgan fingerprint density at radius 2 is 0.534 bits per heavy atom. The van der Waals surface area contributed by atoms with Crippen molar-refractivity contribution in [2.45, 2.75) is 0 Å². The molecule has 0 unspecified atom stereocenters. The predicted octanol–water partition coefficient (Wildman–Crippen LogP) is 24.7. The lowest BCUT2D eigenvalue weighted by Gasteiger charge is -2.20. The molecule has 0 saturated carbocycles. The summed E-state index contributed by atoms with van der Waals surface area (Å²) in [5.41, 5.74) is 18.0. The van der Waals surface area contributed by atoms with E-state index in [9.17, 15) is 0 Å². The highest BCUT2D eigenvalue weighted by molar-refractivity contribution is 6.27. The molecule has 0 bridgehead atoms. The molecule has 2 nitrogen and oxygen atoms in total. The SMILES string of the molecule is c1ccc(-c2ccccc2-c2c3ccccc3c(-c3ccc4c(c3)oc3cc5ccc(-c6ccc7cc(-c8c9ccccc9c(-c9ccc%10c(c9)oc9cc%11ccccc%11cc9%10)c9ccccc89)c8ccccc8c7c6)cc5cc34)c3ccccc23)cc1. The molecule has 0 fully saturated rings. The normalized spacial score (nSPS) is 12.1. The summed E-state index contributed by atoms with van der Waals surface area (Å²) in [5, 5.41) is 23.8. The lowest BCUT2D eigenvalue weighted by Crippen LogP contribution is -1.92. The minimum absolute atomic E-state index is 0.877. The van der Waals surface area contributed by atoms with Crippen LogP contribution in [0.4, 0.5) is 0 Å². The summed E-state index contributed by atoms with van der Waals surface area (Å²) in [6.07, 6.45) is 0. The van der Waals surface area contributed by atoms with E-state index in [0.29, 0.717) is 0 Å². The molecule has 0 radical (unpaired) electrons. The van der Waals surface area contributed by atoms with Crippen LogP contribution in [0.2, 0.25) is 0 Å². The summed E-state index contributed by atoms with van der Waals surface area (Å²) in [4.78, 5) is 0. The van der Waals surface area contributed by atoms with E-state index in [-0.39, 0.29) is 0 Å². The van der Waals surface area contributed by atoms with Crippen LogP contribution in [0.1, 0.15) is 0 Å². The maximum Gasteiger partial charge on any atom is 0.136 e. The molecular formula is C86H50O2. The van der Waals surface area contributed by atoms with Gasteiger partial charge in [-0.25, -0.2) is 0 Å². The number of rotatable bonds is 6. The van der Waals surface area contributed by atoms with Crippen molar-refractivity contribution in [1.29, 1.82) is 0 Å². The molecule has 2 heteroatoms. The minimum Gasteiger partial charge on any atom is -0.456 e. The Morgan fingerprint density at radius 3 is 1.09 bits per heavy atom. The second-order valence-corrected chi connectivity index (χ2v) is 23.7. The van der Waals surface area contributed by atoms with Crippen LogP contribution in [0, 0.1) is 0 Å². The van der Waals surface area contributed by atoms with E-state index in [4.69, 9.17) is 8.83 Å². The molecule has 17 aromatic carbocycles. The molecule has 0 amide bonds. The van der Waals surface area contributed by atoms with Gasteiger partial charge in [0.05, 0.1) is 0 Å². The Labute approximate surface area is 506 Å². The molecular weight excluding hydrogens is 1060 g/mol. The summed E-state index contributed by atoms with van der Waals surface area (Å²) >= 11 is 0. The van der Waals surface area contributed by atoms with E-state index in [1.807, 2.05) is 0 Å². The van der Waals surface area contributed by atoms with Gasteiger partial charge >= 0.3 is 0 Å². The molecule has 0 saturated heterocycles. The Morgan fingerprint density at radius 1 is 0.148 bits per heavy atom. The first-order valence-corrected chi connectivity index (χ1v) is 30.4. The number of benzene rings is 17. The number of fused-ring (bicyclic) bond motifs is 15. The summed E-state index contributed by atoms with van der Waals surface area (Å²) in [6, 6.07) is 112. The van der Waals surface area contributed by atoms with Crippen molar-refractivity contribution in [3.63, 3.8) is 0 Å². The topological polar surface area (TPSA) is 26.3 Å². The monoisotopic (exact) mass is 1110 g/mol. The molecule has 2 heterocycles. The van der Waals surface area contributed by atoms with E-state index in [2.05, 4.69) is 303 Å². The van der Waals surface area contributed by atoms with Gasteiger partial charge < -0.3 is 8.83 Å². The van der Waals surface area contributed by atoms with Gasteiger partial charge in [0.1, 0.15) is 22.3 Å². The molecule has 88 heavy (non-hydrogen) atoms. The molecule has 19 aromatic rings. The van der Waals surface area contributed by atoms with Crippen molar-refractivity contribution >= 4 is 130 Å². The second kappa shape index (κ2) is 19.0. The first-order valence-electron chi connectivity index (χ1n) is 30.4. The third kappa shape index (κ3) is 7.36. The van der Waals surface area contributed by atoms with E-state index in [1.54, 1.807) is 0 Å². The van der Waals surface area contributed by atoms with Crippen LogP contribution in [-0.2, 0) is 0 Å². The highest BCUT2D eigenvalue weighted by Gasteiger charge is 2.23. The van der Waals surface area contributed by atoms with E-state index in [0.717, 1.165) is 60.4 Å². The molecule has 0 aliphatic carbocycles. The van der Waals surface area contributed by atoms with Gasteiger partial charge in [-0.1, -0.05) is 237 Å². The summed E-state index contributed by atoms with van der Waals surface area (Å²) < 4.78 is 13.5. The Balaban J connectivity index is 0.709. The van der Waals surface area contributed by atoms with Crippen LogP contribution < -0.4 is 0 Å². The van der Waals surface area contributed by atoms with Gasteiger partial charge in [-0.3, -0.25) is 0 Å². The van der Waals surface area contributed by atoms with Gasteiger partial charge in [0.2, 0.25) is 0 Å². The molecule has 0 aliphatic heterocycles. The molecule has 0 aliphatic rings. The third-order valence-electron chi connectivity index (χ3n) is 19.0. The first-order chi connectivity index (χ1) is 43.6. The largest absolute Gasteiger partial charge is 0.456 e. The predicted molar refractivity (Wildman–Crippen MR) is 374 cm³/mol. The van der Waals surface area contributed by atoms with Crippen molar-refractivity contribution in [3.8, 4) is 66.8 Å². The Hall–Kier alpha value is -11.6. The van der Waals surface area contributed by atoms with Crippen molar-refractivity contribution in [2.75, 3.05) is 0 Å². The van der Waals surface area contributed by atoms with Crippen LogP contribution in [0.5, 0.6) is 0 Å². The number of hydrogen-bond donors (Lipinski definition) is 0. The molecule has 0 N–H and O–H groups in total. The smallest absolute Gasteiger partial charge is 0.136 e. The van der Waals surface area contributed by atoms with Crippen LogP contribution in [-0.4, -0.2) is 0 Å². The van der Waals surface area contributed by atoms with E-state index in [1.165, 1.54) is 136 Å². The van der Waals surface area contributed by atoms with Gasteiger partial charge in [-0.15, -0.1) is 0 Å². The summed E-state index contributed by atoms with van der Waals surface area (Å²) in [6.45, 7) is 0. The van der Waals surface area contributed by atoms with E-state index < -0.39 is 0 Å². The molecule has 0 spiro atoms. The standard InChI is InChI=1S/C86H50O2/c1-2-18-51(19-3-1)61-22-6-9-25-66(61)85-71-30-14-10-26-67(71)83(68-27-11-15-31-72(68)85)58-39-41-65-77-46-60-42-54(34-35-56(60)48-82(77)88-80(65)50-58)55-36-37-57-45-78(63-24-8-7-23-62(63)75(57)43-55)86-73-32-16-12-28-69(73)84(70-29-13-17-33-74(70)86)59-38-40-64-76-44-52-20-4-5-21-53(52)47-81(76)87-79(64)49-59/h1-50H. The average Bonchev–Trinajstić information content (AvgIpc) is 0.955. The van der Waals surface area contributed by atoms with Crippen LogP contribution in [0.15, 0.2) is 312 Å². The maximum atomic E-state index is 6.85. The molecule has 0 atom stereocenters. The fourth-order valence-electron chi connectivity index (χ4n) is 15.0. The first kappa shape index (κ1) is 48.8. The molecule has 406 valence electrons. The highest BCUT2D eigenvalue weighted by atomic mass is 16.3. The van der Waals surface area contributed by atoms with Gasteiger partial charge in [0, 0.05) is 21.5 Å². The van der Waals surface area contributed by atoms with Crippen molar-refractivity contribution in [1.82, 2.24) is 0 Å². The summed E-state index contributed by atoms with van der Waals surface area (Å²) in [5.74, 6) is 0. The van der Waals surface area contributed by atoms with Gasteiger partial charge in [0.25, 0.3) is 0 Å². The molecule has 19 rings (SSSR count). The van der Waals surface area contributed by atoms with Crippen molar-refractivity contribution in [3.05, 3.63) is 303 Å². The lowest BCUT2D eigenvalue weighted by molar-refractivity contribution is 0.669. The van der Waals surface area contributed by atoms with Crippen molar-refractivity contribution < 1.29 is 8.83 Å². The zero-order valence-corrected chi connectivity index (χ0v) is 47.7. The quantitative estimate of drug-likeness (QED) is 0.123. The van der Waals surface area contributed by atoms with Gasteiger partial charge in [-0.2, -0.15) is 0 Å².